The topological polar surface area (TPSA) is 73.1 Å². The maximum atomic E-state index is 11.4. The standard InChI is InChI=1S/C9H14O2S2.C8H12S.C7H11NO.C7H11NS/c1-6(2)9-7(3)12-5-8(9)13(4,10)11;1-6(2)8-5-9-4-7(8)3;2*1-5(2)7-6(3)4-8-9-7/h5-6H,1-4H3;4-6H,1-3H3;2*4-5H,1-3H3. The molecule has 0 aliphatic heterocycles. The predicted octanol–water partition coefficient (Wildman–Crippen LogP) is 10.4. The van der Waals surface area contributed by atoms with E-state index in [-0.39, 0.29) is 5.92 Å². The van der Waals surface area contributed by atoms with Gasteiger partial charge in [-0.15, -0.1) is 11.3 Å². The Labute approximate surface area is 255 Å². The van der Waals surface area contributed by atoms with Crippen LogP contribution < -0.4 is 0 Å². The summed E-state index contributed by atoms with van der Waals surface area (Å²) in [6.45, 7) is 25.3. The van der Waals surface area contributed by atoms with Crippen LogP contribution in [0.15, 0.2) is 38.0 Å². The van der Waals surface area contributed by atoms with Crippen molar-refractivity contribution in [3.05, 3.63) is 71.9 Å². The van der Waals surface area contributed by atoms with Gasteiger partial charge in [-0.1, -0.05) is 60.5 Å². The Balaban J connectivity index is 0.000000270. The van der Waals surface area contributed by atoms with E-state index in [4.69, 9.17) is 4.52 Å². The molecule has 0 unspecified atom stereocenters. The number of thiophene rings is 2. The fourth-order valence-electron chi connectivity index (χ4n) is 4.10. The normalized spacial score (nSPS) is 11.2. The highest BCUT2D eigenvalue weighted by molar-refractivity contribution is 7.90. The average Bonchev–Trinajstić information content (AvgIpc) is 3.62. The SMILES string of the molecule is Cc1cnoc1C(C)C.Cc1cnsc1C(C)C.Cc1cscc1C(C)C.Cc1scc(S(C)(=O)=O)c1C(C)C. The number of hydrogen-bond acceptors (Lipinski definition) is 8. The van der Waals surface area contributed by atoms with E-state index in [9.17, 15) is 8.42 Å². The smallest absolute Gasteiger partial charge is 0.176 e. The molecule has 4 rings (SSSR count). The second kappa shape index (κ2) is 16.6. The summed E-state index contributed by atoms with van der Waals surface area (Å²) in [7, 11) is -3.05. The molecule has 0 N–H and O–H groups in total. The van der Waals surface area contributed by atoms with Crippen molar-refractivity contribution >= 4 is 44.0 Å². The molecular weight excluding hydrogens is 577 g/mol. The lowest BCUT2D eigenvalue weighted by Crippen LogP contribution is -2.01. The predicted molar refractivity (Wildman–Crippen MR) is 176 cm³/mol. The van der Waals surface area contributed by atoms with Crippen molar-refractivity contribution in [3.63, 3.8) is 0 Å². The second-order valence-electron chi connectivity index (χ2n) is 11.2. The Morgan fingerprint density at radius 1 is 0.750 bits per heavy atom. The Hall–Kier alpha value is -1.81. The first-order valence-electron chi connectivity index (χ1n) is 13.6. The summed E-state index contributed by atoms with van der Waals surface area (Å²) >= 11 is 4.91. The van der Waals surface area contributed by atoms with Crippen LogP contribution in [0.25, 0.3) is 0 Å². The highest BCUT2D eigenvalue weighted by atomic mass is 32.2. The van der Waals surface area contributed by atoms with Crippen molar-refractivity contribution < 1.29 is 12.9 Å². The summed E-state index contributed by atoms with van der Waals surface area (Å²) in [5.41, 5.74) is 6.39. The fraction of sp³-hybridized carbons (Fsp3) is 0.548. The van der Waals surface area contributed by atoms with Gasteiger partial charge in [0.15, 0.2) is 9.84 Å². The molecule has 0 atom stereocenters. The average molecular weight is 625 g/mol. The number of sulfone groups is 1. The third-order valence-corrected chi connectivity index (χ3v) is 10.4. The van der Waals surface area contributed by atoms with E-state index < -0.39 is 9.84 Å². The maximum absolute atomic E-state index is 11.4. The van der Waals surface area contributed by atoms with Crippen molar-refractivity contribution in [2.45, 2.75) is 112 Å². The summed E-state index contributed by atoms with van der Waals surface area (Å²) in [4.78, 5) is 3.02. The van der Waals surface area contributed by atoms with Crippen LogP contribution >= 0.6 is 34.2 Å². The summed E-state index contributed by atoms with van der Waals surface area (Å²) in [6, 6.07) is 0. The zero-order chi connectivity index (χ0) is 30.8. The quantitative estimate of drug-likeness (QED) is 0.221. The molecule has 9 heteroatoms. The minimum absolute atomic E-state index is 0.274. The molecule has 4 aromatic heterocycles. The molecule has 0 amide bonds. The Kier molecular flexibility index (Phi) is 15.0. The zero-order valence-electron chi connectivity index (χ0n) is 26.4. The minimum Gasteiger partial charge on any atom is -0.361 e. The molecule has 4 heterocycles. The summed E-state index contributed by atoms with van der Waals surface area (Å²) < 4.78 is 31.8. The van der Waals surface area contributed by atoms with E-state index in [0.717, 1.165) is 21.8 Å². The molecule has 0 bridgehead atoms. The van der Waals surface area contributed by atoms with Gasteiger partial charge in [0.2, 0.25) is 0 Å². The number of aromatic nitrogens is 2. The first kappa shape index (κ1) is 36.2. The van der Waals surface area contributed by atoms with Crippen molar-refractivity contribution in [1.29, 1.82) is 0 Å². The van der Waals surface area contributed by atoms with Gasteiger partial charge < -0.3 is 4.52 Å². The van der Waals surface area contributed by atoms with Gasteiger partial charge in [-0.3, -0.25) is 0 Å². The van der Waals surface area contributed by atoms with Crippen molar-refractivity contribution in [2.24, 2.45) is 0 Å². The monoisotopic (exact) mass is 624 g/mol. The van der Waals surface area contributed by atoms with Crippen molar-refractivity contribution in [2.75, 3.05) is 6.26 Å². The van der Waals surface area contributed by atoms with Crippen molar-refractivity contribution in [3.8, 4) is 0 Å². The van der Waals surface area contributed by atoms with Crippen LogP contribution in [0.5, 0.6) is 0 Å². The van der Waals surface area contributed by atoms with Gasteiger partial charge in [0.25, 0.3) is 0 Å². The largest absolute Gasteiger partial charge is 0.361 e. The Morgan fingerprint density at radius 2 is 1.38 bits per heavy atom. The molecule has 0 saturated heterocycles. The number of hydrogen-bond donors (Lipinski definition) is 0. The van der Waals surface area contributed by atoms with Crippen LogP contribution in [0.4, 0.5) is 0 Å². The van der Waals surface area contributed by atoms with Gasteiger partial charge in [0, 0.05) is 39.1 Å². The van der Waals surface area contributed by atoms with E-state index in [2.05, 4.69) is 75.7 Å². The molecule has 0 aliphatic rings. The number of nitrogens with zero attached hydrogens (tertiary/aromatic N) is 2. The van der Waals surface area contributed by atoms with Crippen LogP contribution in [0.1, 0.15) is 122 Å². The lowest BCUT2D eigenvalue weighted by atomic mass is 10.0. The Morgan fingerprint density at radius 3 is 1.62 bits per heavy atom. The highest BCUT2D eigenvalue weighted by Gasteiger charge is 2.19. The molecule has 224 valence electrons. The van der Waals surface area contributed by atoms with Crippen LogP contribution in [0.3, 0.4) is 0 Å². The molecule has 0 fully saturated rings. The third kappa shape index (κ3) is 11.2. The lowest BCUT2D eigenvalue weighted by Gasteiger charge is -2.07. The summed E-state index contributed by atoms with van der Waals surface area (Å²) in [5, 5.41) is 9.84. The first-order chi connectivity index (χ1) is 18.5. The molecule has 5 nitrogen and oxygen atoms in total. The minimum atomic E-state index is -3.05. The molecule has 0 aromatic carbocycles. The first-order valence-corrected chi connectivity index (χ1v) is 18.1. The zero-order valence-corrected chi connectivity index (χ0v) is 29.7. The Bertz CT molecular complexity index is 1280. The maximum Gasteiger partial charge on any atom is 0.176 e. The molecule has 0 aliphatic carbocycles. The van der Waals surface area contributed by atoms with E-state index >= 15 is 0 Å². The van der Waals surface area contributed by atoms with Gasteiger partial charge >= 0.3 is 0 Å². The van der Waals surface area contributed by atoms with Crippen LogP contribution in [-0.2, 0) is 9.84 Å². The van der Waals surface area contributed by atoms with Crippen LogP contribution in [-0.4, -0.2) is 24.2 Å². The summed E-state index contributed by atoms with van der Waals surface area (Å²) in [6.07, 6.45) is 4.94. The highest BCUT2D eigenvalue weighted by Crippen LogP contribution is 2.32. The molecule has 0 radical (unpaired) electrons. The molecule has 0 saturated carbocycles. The molecule has 0 spiro atoms. The second-order valence-corrected chi connectivity index (χ2v) is 15.9. The fourth-order valence-corrected chi connectivity index (χ4v) is 8.42. The number of rotatable bonds is 5. The molecule has 4 aromatic rings. The van der Waals surface area contributed by atoms with E-state index in [1.54, 1.807) is 34.4 Å². The van der Waals surface area contributed by atoms with Gasteiger partial charge in [-0.05, 0) is 90.0 Å². The van der Waals surface area contributed by atoms with Crippen LogP contribution in [0, 0.1) is 27.7 Å². The molecule has 40 heavy (non-hydrogen) atoms. The van der Waals surface area contributed by atoms with Gasteiger partial charge in [0.05, 0.1) is 11.1 Å². The van der Waals surface area contributed by atoms with E-state index in [1.807, 2.05) is 33.9 Å². The lowest BCUT2D eigenvalue weighted by molar-refractivity contribution is 0.370. The number of aryl methyl sites for hydroxylation is 4. The van der Waals surface area contributed by atoms with Gasteiger partial charge in [-0.25, -0.2) is 12.8 Å². The van der Waals surface area contributed by atoms with E-state index in [1.165, 1.54) is 39.2 Å². The molecular formula is C31H48N2O3S4. The van der Waals surface area contributed by atoms with E-state index in [0.29, 0.717) is 22.6 Å². The third-order valence-electron chi connectivity index (χ3n) is 6.10. The van der Waals surface area contributed by atoms with Gasteiger partial charge in [0.1, 0.15) is 5.76 Å². The van der Waals surface area contributed by atoms with Gasteiger partial charge in [-0.2, -0.15) is 11.3 Å². The van der Waals surface area contributed by atoms with Crippen LogP contribution in [0.2, 0.25) is 0 Å². The summed E-state index contributed by atoms with van der Waals surface area (Å²) in [5.74, 6) is 3.05. The van der Waals surface area contributed by atoms with Crippen molar-refractivity contribution in [1.82, 2.24) is 9.53 Å².